The van der Waals surface area contributed by atoms with Crippen LogP contribution in [-0.2, 0) is 14.8 Å². The molecular formula is C16H11NO5S3. The van der Waals surface area contributed by atoms with E-state index in [1.165, 1.54) is 12.1 Å². The summed E-state index contributed by atoms with van der Waals surface area (Å²) in [7, 11) is -3.91. The summed E-state index contributed by atoms with van der Waals surface area (Å²) in [6.45, 7) is 0. The van der Waals surface area contributed by atoms with Crippen molar-refractivity contribution in [2.24, 2.45) is 4.40 Å². The van der Waals surface area contributed by atoms with Crippen molar-refractivity contribution in [3.63, 3.8) is 0 Å². The van der Waals surface area contributed by atoms with Crippen molar-refractivity contribution in [2.45, 2.75) is 4.21 Å². The Balaban J connectivity index is 2.10. The summed E-state index contributed by atoms with van der Waals surface area (Å²) in [5, 5.41) is 10.5. The molecule has 0 saturated heterocycles. The molecule has 1 aliphatic rings. The summed E-state index contributed by atoms with van der Waals surface area (Å²) in [5.41, 5.74) is 0.835. The van der Waals surface area contributed by atoms with Crippen LogP contribution in [0.4, 0.5) is 0 Å². The van der Waals surface area contributed by atoms with Gasteiger partial charge >= 0.3 is 5.97 Å². The van der Waals surface area contributed by atoms with Crippen molar-refractivity contribution in [1.29, 1.82) is 0 Å². The van der Waals surface area contributed by atoms with Crippen molar-refractivity contribution in [2.75, 3.05) is 5.75 Å². The van der Waals surface area contributed by atoms with Gasteiger partial charge in [-0.15, -0.1) is 23.1 Å². The summed E-state index contributed by atoms with van der Waals surface area (Å²) in [4.78, 5) is 23.4. The predicted octanol–water partition coefficient (Wildman–Crippen LogP) is 2.82. The van der Waals surface area contributed by atoms with Crippen molar-refractivity contribution in [1.82, 2.24) is 0 Å². The number of thiophene rings is 1. The van der Waals surface area contributed by atoms with E-state index in [2.05, 4.69) is 4.40 Å². The van der Waals surface area contributed by atoms with Gasteiger partial charge in [0.25, 0.3) is 10.0 Å². The number of ketones is 1. The van der Waals surface area contributed by atoms with Crippen LogP contribution in [0.2, 0.25) is 0 Å². The monoisotopic (exact) mass is 393 g/mol. The van der Waals surface area contributed by atoms with Crippen LogP contribution in [0.5, 0.6) is 0 Å². The zero-order chi connectivity index (χ0) is 18.0. The van der Waals surface area contributed by atoms with Gasteiger partial charge in [0.1, 0.15) is 4.21 Å². The maximum absolute atomic E-state index is 12.5. The molecule has 2 aromatic rings. The fraction of sp³-hybridized carbons (Fsp3) is 0.0625. The molecule has 3 rings (SSSR count). The van der Waals surface area contributed by atoms with Crippen LogP contribution < -0.4 is 0 Å². The third-order valence-corrected chi connectivity index (χ3v) is 6.93. The summed E-state index contributed by atoms with van der Waals surface area (Å²) in [6.07, 6.45) is 1.34. The maximum Gasteiger partial charge on any atom is 0.313 e. The van der Waals surface area contributed by atoms with Gasteiger partial charge in [-0.2, -0.15) is 12.8 Å². The van der Waals surface area contributed by atoms with Crippen LogP contribution in [0.1, 0.15) is 15.9 Å². The van der Waals surface area contributed by atoms with Crippen LogP contribution in [-0.4, -0.2) is 36.7 Å². The highest BCUT2D eigenvalue weighted by molar-refractivity contribution is 8.04. The number of thioether (sulfide) groups is 1. The smallest absolute Gasteiger partial charge is 0.313 e. The number of hydrogen-bond donors (Lipinski definition) is 1. The Hall–Kier alpha value is -2.23. The van der Waals surface area contributed by atoms with Crippen LogP contribution in [0.15, 0.2) is 61.4 Å². The van der Waals surface area contributed by atoms with Crippen LogP contribution in [0.3, 0.4) is 0 Å². The van der Waals surface area contributed by atoms with Crippen molar-refractivity contribution in [3.8, 4) is 0 Å². The molecule has 0 radical (unpaired) electrons. The Morgan fingerprint density at radius 2 is 1.88 bits per heavy atom. The lowest BCUT2D eigenvalue weighted by atomic mass is 9.94. The second kappa shape index (κ2) is 6.95. The predicted molar refractivity (Wildman–Crippen MR) is 97.0 cm³/mol. The first-order valence-corrected chi connectivity index (χ1v) is 10.3. The molecule has 9 heteroatoms. The molecule has 6 nitrogen and oxygen atoms in total. The van der Waals surface area contributed by atoms with Gasteiger partial charge in [0.05, 0.1) is 16.4 Å². The first kappa shape index (κ1) is 17.6. The Morgan fingerprint density at radius 3 is 2.52 bits per heavy atom. The quantitative estimate of drug-likeness (QED) is 0.838. The zero-order valence-electron chi connectivity index (χ0n) is 12.6. The number of carbonyl (C=O) groups excluding carboxylic acids is 1. The van der Waals surface area contributed by atoms with Gasteiger partial charge in [-0.3, -0.25) is 9.59 Å². The largest absolute Gasteiger partial charge is 0.481 e. The van der Waals surface area contributed by atoms with Crippen LogP contribution >= 0.6 is 23.1 Å². The molecule has 1 aliphatic carbocycles. The number of rotatable bonds is 5. The van der Waals surface area contributed by atoms with Gasteiger partial charge in [0, 0.05) is 11.1 Å². The molecule has 1 N–H and O–H groups in total. The van der Waals surface area contributed by atoms with E-state index in [4.69, 9.17) is 5.11 Å². The minimum atomic E-state index is -3.91. The molecule has 1 aromatic carbocycles. The molecule has 0 unspecified atom stereocenters. The highest BCUT2D eigenvalue weighted by Gasteiger charge is 2.26. The SMILES string of the molecule is O=C(O)CSC1=C/C(=N/S(=O)(=O)c2cccs2)c2ccccc2C1=O. The number of fused-ring (bicyclic) bond motifs is 1. The summed E-state index contributed by atoms with van der Waals surface area (Å²) < 4.78 is 28.8. The Labute approximate surface area is 152 Å². The molecule has 0 amide bonds. The van der Waals surface area contributed by atoms with Gasteiger partial charge in [-0.25, -0.2) is 0 Å². The van der Waals surface area contributed by atoms with E-state index in [0.717, 1.165) is 23.1 Å². The highest BCUT2D eigenvalue weighted by Crippen LogP contribution is 2.30. The number of carboxylic acids is 1. The molecule has 128 valence electrons. The van der Waals surface area contributed by atoms with E-state index >= 15 is 0 Å². The fourth-order valence-corrected chi connectivity index (χ4v) is 4.89. The molecule has 1 aromatic heterocycles. The average molecular weight is 393 g/mol. The molecule has 0 spiro atoms. The lowest BCUT2D eigenvalue weighted by Gasteiger charge is -2.16. The minimum absolute atomic E-state index is 0.0996. The molecule has 0 atom stereocenters. The van der Waals surface area contributed by atoms with E-state index in [-0.39, 0.29) is 26.4 Å². The van der Waals surface area contributed by atoms with Crippen molar-refractivity contribution in [3.05, 3.63) is 63.9 Å². The van der Waals surface area contributed by atoms with E-state index in [1.807, 2.05) is 0 Å². The summed E-state index contributed by atoms with van der Waals surface area (Å²) in [5.74, 6) is -1.71. The first-order valence-electron chi connectivity index (χ1n) is 6.97. The second-order valence-electron chi connectivity index (χ2n) is 4.95. The van der Waals surface area contributed by atoms with E-state index in [1.54, 1.807) is 35.7 Å². The lowest BCUT2D eigenvalue weighted by molar-refractivity contribution is -0.133. The van der Waals surface area contributed by atoms with E-state index in [9.17, 15) is 18.0 Å². The standard InChI is InChI=1S/C16H11NO5S3/c18-14(19)9-24-13-8-12(10-4-1-2-5-11(10)16(13)20)17-25(21,22)15-6-3-7-23-15/h1-8H,9H2,(H,18,19)/b17-12-. The number of nitrogens with zero attached hydrogens (tertiary/aromatic N) is 1. The second-order valence-corrected chi connectivity index (χ2v) is 8.75. The Morgan fingerprint density at radius 1 is 1.16 bits per heavy atom. The third-order valence-electron chi connectivity index (χ3n) is 3.26. The molecule has 1 heterocycles. The lowest BCUT2D eigenvalue weighted by Crippen LogP contribution is -2.18. The summed E-state index contributed by atoms with van der Waals surface area (Å²) in [6, 6.07) is 9.59. The fourth-order valence-electron chi connectivity index (χ4n) is 2.21. The van der Waals surface area contributed by atoms with Crippen molar-refractivity contribution >= 4 is 50.6 Å². The highest BCUT2D eigenvalue weighted by atomic mass is 32.2. The van der Waals surface area contributed by atoms with Gasteiger partial charge in [0.2, 0.25) is 0 Å². The number of aliphatic carboxylic acids is 1. The molecule has 0 fully saturated rings. The number of Topliss-reactive ketones (excluding diaryl/α,β-unsaturated/α-hetero) is 1. The topological polar surface area (TPSA) is 101 Å². The number of sulfonamides is 1. The molecule has 0 saturated carbocycles. The molecule has 25 heavy (non-hydrogen) atoms. The van der Waals surface area contributed by atoms with Gasteiger partial charge in [0.15, 0.2) is 5.78 Å². The minimum Gasteiger partial charge on any atom is -0.481 e. The Bertz CT molecular complexity index is 1000. The molecular weight excluding hydrogens is 382 g/mol. The number of carbonyl (C=O) groups is 2. The number of carboxylic acid groups (broad SMARTS) is 1. The molecule has 0 aliphatic heterocycles. The zero-order valence-corrected chi connectivity index (χ0v) is 15.0. The van der Waals surface area contributed by atoms with Gasteiger partial charge in [-0.05, 0) is 17.5 Å². The summed E-state index contributed by atoms with van der Waals surface area (Å²) >= 11 is 1.89. The number of allylic oxidation sites excluding steroid dienone is 2. The molecule has 0 bridgehead atoms. The van der Waals surface area contributed by atoms with E-state index in [0.29, 0.717) is 11.1 Å². The average Bonchev–Trinajstić information content (AvgIpc) is 3.11. The van der Waals surface area contributed by atoms with Gasteiger partial charge in [-0.1, -0.05) is 30.3 Å². The van der Waals surface area contributed by atoms with Crippen LogP contribution in [0, 0.1) is 0 Å². The maximum atomic E-state index is 12.5. The number of hydrogen-bond acceptors (Lipinski definition) is 6. The normalized spacial score (nSPS) is 15.8. The van der Waals surface area contributed by atoms with Crippen molar-refractivity contribution < 1.29 is 23.1 Å². The van der Waals surface area contributed by atoms with E-state index < -0.39 is 16.0 Å². The Kier molecular flexibility index (Phi) is 4.89. The van der Waals surface area contributed by atoms with Gasteiger partial charge < -0.3 is 5.11 Å². The van der Waals surface area contributed by atoms with Crippen LogP contribution in [0.25, 0.3) is 0 Å². The third kappa shape index (κ3) is 3.73. The number of benzene rings is 1. The first-order chi connectivity index (χ1) is 11.9.